The van der Waals surface area contributed by atoms with E-state index in [0.29, 0.717) is 13.1 Å². The van der Waals surface area contributed by atoms with E-state index in [2.05, 4.69) is 34.0 Å². The maximum atomic E-state index is 12.0. The van der Waals surface area contributed by atoms with Crippen LogP contribution in [0, 0.1) is 0 Å². The Hall–Kier alpha value is -0.950. The van der Waals surface area contributed by atoms with Crippen LogP contribution in [0.4, 0.5) is 0 Å². The van der Waals surface area contributed by atoms with E-state index in [9.17, 15) is 4.79 Å². The number of hydrogen-bond acceptors (Lipinski definition) is 5. The second kappa shape index (κ2) is 8.48. The van der Waals surface area contributed by atoms with Crippen molar-refractivity contribution >= 4 is 17.2 Å². The van der Waals surface area contributed by atoms with Crippen LogP contribution in [0.25, 0.3) is 0 Å². The molecule has 1 aliphatic heterocycles. The Morgan fingerprint density at radius 3 is 3.19 bits per heavy atom. The number of ether oxygens (including phenoxy) is 1. The molecule has 2 heterocycles. The highest BCUT2D eigenvalue weighted by Crippen LogP contribution is 2.08. The summed E-state index contributed by atoms with van der Waals surface area (Å²) in [4.78, 5) is 15.5. The summed E-state index contributed by atoms with van der Waals surface area (Å²) in [5, 5.41) is 8.28. The van der Waals surface area contributed by atoms with Crippen molar-refractivity contribution in [2.75, 3.05) is 39.8 Å². The van der Waals surface area contributed by atoms with Crippen molar-refractivity contribution in [3.63, 3.8) is 0 Å². The van der Waals surface area contributed by atoms with Gasteiger partial charge in [0.05, 0.1) is 18.8 Å². The van der Waals surface area contributed by atoms with E-state index < -0.39 is 0 Å². The molecule has 0 unspecified atom stereocenters. The van der Waals surface area contributed by atoms with Gasteiger partial charge in [0.2, 0.25) is 5.91 Å². The van der Waals surface area contributed by atoms with Gasteiger partial charge in [-0.1, -0.05) is 6.07 Å². The van der Waals surface area contributed by atoms with E-state index in [1.807, 2.05) is 13.0 Å². The Labute approximate surface area is 130 Å². The molecule has 0 aromatic carbocycles. The highest BCUT2D eigenvalue weighted by molar-refractivity contribution is 7.09. The largest absolute Gasteiger partial charge is 0.374 e. The summed E-state index contributed by atoms with van der Waals surface area (Å²) in [7, 11) is 2.09. The van der Waals surface area contributed by atoms with Crippen LogP contribution in [0.1, 0.15) is 11.8 Å². The van der Waals surface area contributed by atoms with Crippen LogP contribution >= 0.6 is 11.3 Å². The lowest BCUT2D eigenvalue weighted by Crippen LogP contribution is -2.49. The van der Waals surface area contributed by atoms with Crippen LogP contribution in [-0.4, -0.2) is 62.8 Å². The molecule has 0 saturated carbocycles. The molecule has 1 aromatic heterocycles. The SMILES string of the molecule is C[C@H](NC[C@H]1CN(C)CCO1)C(=O)NCCc1cccs1. The molecule has 118 valence electrons. The lowest BCUT2D eigenvalue weighted by Gasteiger charge is -2.30. The van der Waals surface area contributed by atoms with E-state index >= 15 is 0 Å². The number of nitrogens with zero attached hydrogens (tertiary/aromatic N) is 1. The summed E-state index contributed by atoms with van der Waals surface area (Å²) in [6, 6.07) is 3.94. The van der Waals surface area contributed by atoms with Crippen molar-refractivity contribution in [3.8, 4) is 0 Å². The van der Waals surface area contributed by atoms with Crippen molar-refractivity contribution in [2.24, 2.45) is 0 Å². The summed E-state index contributed by atoms with van der Waals surface area (Å²) in [6.07, 6.45) is 1.07. The second-order valence-corrected chi connectivity index (χ2v) is 6.54. The van der Waals surface area contributed by atoms with Gasteiger partial charge in [0.25, 0.3) is 0 Å². The van der Waals surface area contributed by atoms with Gasteiger partial charge in [0.1, 0.15) is 0 Å². The Bertz CT molecular complexity index is 425. The number of carbonyl (C=O) groups is 1. The van der Waals surface area contributed by atoms with Gasteiger partial charge < -0.3 is 20.3 Å². The first-order chi connectivity index (χ1) is 10.1. The first kappa shape index (κ1) is 16.4. The fourth-order valence-corrected chi connectivity index (χ4v) is 3.02. The molecule has 6 heteroatoms. The predicted molar refractivity (Wildman–Crippen MR) is 85.7 cm³/mol. The zero-order valence-electron chi connectivity index (χ0n) is 12.8. The third kappa shape index (κ3) is 5.74. The normalized spacial score (nSPS) is 21.1. The molecule has 0 spiro atoms. The lowest BCUT2D eigenvalue weighted by molar-refractivity contribution is -0.122. The molecule has 1 aromatic rings. The van der Waals surface area contributed by atoms with Crippen LogP contribution in [0.2, 0.25) is 0 Å². The number of rotatable bonds is 7. The minimum atomic E-state index is -0.191. The molecule has 1 fully saturated rings. The number of likely N-dealkylation sites (N-methyl/N-ethyl adjacent to an activating group) is 1. The van der Waals surface area contributed by atoms with Crippen molar-refractivity contribution in [2.45, 2.75) is 25.5 Å². The van der Waals surface area contributed by atoms with Gasteiger partial charge in [-0.3, -0.25) is 4.79 Å². The minimum Gasteiger partial charge on any atom is -0.374 e. The van der Waals surface area contributed by atoms with Crippen molar-refractivity contribution in [1.82, 2.24) is 15.5 Å². The molecule has 1 aliphatic rings. The van der Waals surface area contributed by atoms with E-state index in [4.69, 9.17) is 4.74 Å². The number of hydrogen-bond donors (Lipinski definition) is 2. The van der Waals surface area contributed by atoms with Crippen molar-refractivity contribution < 1.29 is 9.53 Å². The van der Waals surface area contributed by atoms with E-state index in [-0.39, 0.29) is 18.1 Å². The zero-order chi connectivity index (χ0) is 15.1. The Kier molecular flexibility index (Phi) is 6.63. The standard InChI is InChI=1S/C15H25N3O2S/c1-12(17-10-13-11-18(2)7-8-20-13)15(19)16-6-5-14-4-3-9-21-14/h3-4,9,12-13,17H,5-8,10-11H2,1-2H3,(H,16,19)/t12-,13-/m0/s1. The maximum absolute atomic E-state index is 12.0. The summed E-state index contributed by atoms with van der Waals surface area (Å²) in [6.45, 7) is 5.96. The van der Waals surface area contributed by atoms with Crippen molar-refractivity contribution in [3.05, 3.63) is 22.4 Å². The molecule has 1 saturated heterocycles. The van der Waals surface area contributed by atoms with Gasteiger partial charge in [-0.15, -0.1) is 11.3 Å². The highest BCUT2D eigenvalue weighted by atomic mass is 32.1. The van der Waals surface area contributed by atoms with Gasteiger partial charge in [-0.05, 0) is 31.8 Å². The first-order valence-corrected chi connectivity index (χ1v) is 8.36. The Morgan fingerprint density at radius 2 is 2.48 bits per heavy atom. The van der Waals surface area contributed by atoms with E-state index in [1.54, 1.807) is 11.3 Å². The molecule has 0 aliphatic carbocycles. The average Bonchev–Trinajstić information content (AvgIpc) is 2.98. The molecule has 2 N–H and O–H groups in total. The fourth-order valence-electron chi connectivity index (χ4n) is 2.31. The molecule has 0 radical (unpaired) electrons. The number of amides is 1. The van der Waals surface area contributed by atoms with Crippen LogP contribution in [0.5, 0.6) is 0 Å². The Morgan fingerprint density at radius 1 is 1.62 bits per heavy atom. The molecular formula is C15H25N3O2S. The van der Waals surface area contributed by atoms with Gasteiger partial charge in [-0.2, -0.15) is 0 Å². The van der Waals surface area contributed by atoms with E-state index in [1.165, 1.54) is 4.88 Å². The third-order valence-corrected chi connectivity index (χ3v) is 4.57. The van der Waals surface area contributed by atoms with Crippen LogP contribution < -0.4 is 10.6 Å². The van der Waals surface area contributed by atoms with Gasteiger partial charge in [0, 0.05) is 31.1 Å². The fraction of sp³-hybridized carbons (Fsp3) is 0.667. The van der Waals surface area contributed by atoms with Crippen LogP contribution in [-0.2, 0) is 16.0 Å². The Balaban J connectivity index is 1.60. The quantitative estimate of drug-likeness (QED) is 0.779. The van der Waals surface area contributed by atoms with Gasteiger partial charge in [0.15, 0.2) is 0 Å². The monoisotopic (exact) mass is 311 g/mol. The summed E-state index contributed by atoms with van der Waals surface area (Å²) < 4.78 is 5.67. The number of nitrogens with one attached hydrogen (secondary N) is 2. The van der Waals surface area contributed by atoms with Crippen LogP contribution in [0.3, 0.4) is 0 Å². The lowest BCUT2D eigenvalue weighted by atomic mass is 10.2. The number of thiophene rings is 1. The second-order valence-electron chi connectivity index (χ2n) is 5.51. The van der Waals surface area contributed by atoms with E-state index in [0.717, 1.165) is 26.1 Å². The molecule has 1 amide bonds. The third-order valence-electron chi connectivity index (χ3n) is 3.64. The van der Waals surface area contributed by atoms with Crippen molar-refractivity contribution in [1.29, 1.82) is 0 Å². The highest BCUT2D eigenvalue weighted by Gasteiger charge is 2.19. The molecule has 21 heavy (non-hydrogen) atoms. The summed E-state index contributed by atoms with van der Waals surface area (Å²) in [5.41, 5.74) is 0. The smallest absolute Gasteiger partial charge is 0.236 e. The zero-order valence-corrected chi connectivity index (χ0v) is 13.6. The van der Waals surface area contributed by atoms with Crippen LogP contribution in [0.15, 0.2) is 17.5 Å². The number of carbonyl (C=O) groups excluding carboxylic acids is 1. The summed E-state index contributed by atoms with van der Waals surface area (Å²) >= 11 is 1.72. The molecule has 0 bridgehead atoms. The minimum absolute atomic E-state index is 0.0516. The van der Waals surface area contributed by atoms with Gasteiger partial charge in [-0.25, -0.2) is 0 Å². The van der Waals surface area contributed by atoms with Gasteiger partial charge >= 0.3 is 0 Å². The molecule has 5 nitrogen and oxygen atoms in total. The average molecular weight is 311 g/mol. The maximum Gasteiger partial charge on any atom is 0.236 e. The molecular weight excluding hydrogens is 286 g/mol. The topological polar surface area (TPSA) is 53.6 Å². The predicted octanol–water partition coefficient (Wildman–Crippen LogP) is 0.716. The summed E-state index contributed by atoms with van der Waals surface area (Å²) in [5.74, 6) is 0.0516. The first-order valence-electron chi connectivity index (χ1n) is 7.49. The molecule has 2 rings (SSSR count). The number of morpholine rings is 1. The molecule has 2 atom stereocenters.